The van der Waals surface area contributed by atoms with E-state index < -0.39 is 0 Å². The van der Waals surface area contributed by atoms with Crippen LogP contribution in [0.2, 0.25) is 5.02 Å². The second kappa shape index (κ2) is 5.91. The van der Waals surface area contributed by atoms with Gasteiger partial charge in [-0.3, -0.25) is 0 Å². The Labute approximate surface area is 145 Å². The quantitative estimate of drug-likeness (QED) is 0.701. The molecule has 2 unspecified atom stereocenters. The topological polar surface area (TPSA) is 15.6 Å². The van der Waals surface area contributed by atoms with Crippen LogP contribution in [0.5, 0.6) is 0 Å². The molecule has 1 heterocycles. The van der Waals surface area contributed by atoms with E-state index in [1.165, 1.54) is 12.1 Å². The van der Waals surface area contributed by atoms with Crippen molar-refractivity contribution in [2.24, 2.45) is 10.9 Å². The van der Waals surface area contributed by atoms with Gasteiger partial charge in [0.15, 0.2) is 0 Å². The molecule has 0 saturated carbocycles. The highest BCUT2D eigenvalue weighted by Crippen LogP contribution is 2.39. The molecule has 0 fully saturated rings. The van der Waals surface area contributed by atoms with Crippen molar-refractivity contribution in [1.82, 2.24) is 0 Å². The Kier molecular flexibility index (Phi) is 3.73. The van der Waals surface area contributed by atoms with E-state index in [1.54, 1.807) is 12.1 Å². The highest BCUT2D eigenvalue weighted by Gasteiger charge is 2.32. The predicted molar refractivity (Wildman–Crippen MR) is 98.0 cm³/mol. The van der Waals surface area contributed by atoms with Gasteiger partial charge in [0.05, 0.1) is 23.1 Å². The minimum Gasteiger partial charge on any atom is -0.365 e. The number of likely N-dealkylation sites (N-methyl/N-ethyl adjacent to an activating group) is 1. The lowest BCUT2D eigenvalue weighted by atomic mass is 9.86. The molecule has 0 bridgehead atoms. The van der Waals surface area contributed by atoms with Crippen molar-refractivity contribution >= 4 is 28.7 Å². The third kappa shape index (κ3) is 2.55. The maximum atomic E-state index is 13.3. The van der Waals surface area contributed by atoms with E-state index in [9.17, 15) is 4.39 Å². The maximum absolute atomic E-state index is 13.3. The molecule has 2 aromatic carbocycles. The Morgan fingerprint density at radius 2 is 1.79 bits per heavy atom. The standard InChI is InChI=1S/C20H16ClFN2/c1-24-18-5-3-2-4-16(18)20(13-6-9-15(22)10-7-13)23-17-12-14(21)8-11-19(17)24/h2-12,16,18H,1H3. The van der Waals surface area contributed by atoms with Crippen LogP contribution >= 0.6 is 11.6 Å². The summed E-state index contributed by atoms with van der Waals surface area (Å²) in [6.07, 6.45) is 8.42. The van der Waals surface area contributed by atoms with Crippen LogP contribution in [0.4, 0.5) is 15.8 Å². The number of fused-ring (bicyclic) bond motifs is 2. The van der Waals surface area contributed by atoms with Gasteiger partial charge in [0, 0.05) is 18.0 Å². The van der Waals surface area contributed by atoms with Crippen molar-refractivity contribution in [3.05, 3.63) is 83.2 Å². The highest BCUT2D eigenvalue weighted by molar-refractivity contribution is 6.31. The molecule has 1 aliphatic heterocycles. The van der Waals surface area contributed by atoms with Gasteiger partial charge in [-0.2, -0.15) is 0 Å². The van der Waals surface area contributed by atoms with Gasteiger partial charge in [0.2, 0.25) is 0 Å². The smallest absolute Gasteiger partial charge is 0.123 e. The number of nitrogens with zero attached hydrogens (tertiary/aromatic N) is 2. The number of aliphatic imine (C=N–C) groups is 1. The third-order valence-electron chi connectivity index (χ3n) is 4.57. The minimum atomic E-state index is -0.246. The molecular formula is C20H16ClFN2. The number of anilines is 1. The Hall–Kier alpha value is -2.39. The number of hydrogen-bond donors (Lipinski definition) is 0. The van der Waals surface area contributed by atoms with Crippen molar-refractivity contribution in [3.63, 3.8) is 0 Å². The summed E-state index contributed by atoms with van der Waals surface area (Å²) >= 11 is 6.18. The lowest BCUT2D eigenvalue weighted by Gasteiger charge is -2.33. The Bertz CT molecular complexity index is 868. The first-order valence-electron chi connectivity index (χ1n) is 7.85. The maximum Gasteiger partial charge on any atom is 0.123 e. The lowest BCUT2D eigenvalue weighted by molar-refractivity contribution is 0.627. The van der Waals surface area contributed by atoms with Crippen molar-refractivity contribution in [3.8, 4) is 0 Å². The molecule has 0 N–H and O–H groups in total. The summed E-state index contributed by atoms with van der Waals surface area (Å²) in [4.78, 5) is 7.14. The van der Waals surface area contributed by atoms with Crippen LogP contribution in [0.3, 0.4) is 0 Å². The average Bonchev–Trinajstić information content (AvgIpc) is 2.71. The van der Waals surface area contributed by atoms with Crippen LogP contribution in [-0.2, 0) is 0 Å². The van der Waals surface area contributed by atoms with Crippen molar-refractivity contribution in [1.29, 1.82) is 0 Å². The van der Waals surface area contributed by atoms with E-state index in [4.69, 9.17) is 16.6 Å². The zero-order chi connectivity index (χ0) is 16.7. The summed E-state index contributed by atoms with van der Waals surface area (Å²) in [6, 6.07) is 12.4. The molecule has 0 saturated heterocycles. The molecule has 4 heteroatoms. The second-order valence-corrected chi connectivity index (χ2v) is 6.47. The molecule has 2 atom stereocenters. The van der Waals surface area contributed by atoms with Crippen LogP contribution in [0.1, 0.15) is 5.56 Å². The SMILES string of the molecule is CN1c2ccc(Cl)cc2N=C(c2ccc(F)cc2)C2C=CC=CC21. The van der Waals surface area contributed by atoms with Crippen LogP contribution in [0, 0.1) is 11.7 Å². The zero-order valence-electron chi connectivity index (χ0n) is 13.2. The van der Waals surface area contributed by atoms with Gasteiger partial charge in [0.1, 0.15) is 5.82 Å². The first-order chi connectivity index (χ1) is 11.6. The van der Waals surface area contributed by atoms with Gasteiger partial charge in [-0.1, -0.05) is 48.0 Å². The minimum absolute atomic E-state index is 0.0941. The summed E-state index contributed by atoms with van der Waals surface area (Å²) in [5, 5.41) is 0.653. The molecule has 24 heavy (non-hydrogen) atoms. The number of allylic oxidation sites excluding steroid dienone is 2. The van der Waals surface area contributed by atoms with Gasteiger partial charge >= 0.3 is 0 Å². The zero-order valence-corrected chi connectivity index (χ0v) is 13.9. The van der Waals surface area contributed by atoms with E-state index in [0.717, 1.165) is 22.6 Å². The van der Waals surface area contributed by atoms with E-state index in [2.05, 4.69) is 30.2 Å². The van der Waals surface area contributed by atoms with Gasteiger partial charge < -0.3 is 4.90 Å². The third-order valence-corrected chi connectivity index (χ3v) is 4.80. The van der Waals surface area contributed by atoms with Crippen LogP contribution in [-0.4, -0.2) is 18.8 Å². The molecule has 2 nitrogen and oxygen atoms in total. The fourth-order valence-corrected chi connectivity index (χ4v) is 3.51. The van der Waals surface area contributed by atoms with Crippen molar-refractivity contribution in [2.45, 2.75) is 6.04 Å². The van der Waals surface area contributed by atoms with E-state index in [-0.39, 0.29) is 17.8 Å². The van der Waals surface area contributed by atoms with Crippen LogP contribution in [0.25, 0.3) is 0 Å². The lowest BCUT2D eigenvalue weighted by Crippen LogP contribution is -2.39. The summed E-state index contributed by atoms with van der Waals surface area (Å²) in [7, 11) is 2.07. The van der Waals surface area contributed by atoms with Gasteiger partial charge in [-0.05, 0) is 35.9 Å². The summed E-state index contributed by atoms with van der Waals surface area (Å²) in [6.45, 7) is 0. The molecule has 120 valence electrons. The van der Waals surface area contributed by atoms with Gasteiger partial charge in [0.25, 0.3) is 0 Å². The molecule has 0 aromatic heterocycles. The highest BCUT2D eigenvalue weighted by atomic mass is 35.5. The largest absolute Gasteiger partial charge is 0.365 e. The first kappa shape index (κ1) is 15.2. The molecule has 2 aliphatic rings. The molecular weight excluding hydrogens is 323 g/mol. The number of rotatable bonds is 1. The van der Waals surface area contributed by atoms with Crippen LogP contribution in [0.15, 0.2) is 71.8 Å². The van der Waals surface area contributed by atoms with Crippen LogP contribution < -0.4 is 4.90 Å². The molecule has 0 radical (unpaired) electrons. The second-order valence-electron chi connectivity index (χ2n) is 6.03. The normalized spacial score (nSPS) is 21.8. The van der Waals surface area contributed by atoms with Gasteiger partial charge in [-0.25, -0.2) is 9.38 Å². The molecule has 0 spiro atoms. The number of benzene rings is 2. The van der Waals surface area contributed by atoms with E-state index >= 15 is 0 Å². The van der Waals surface area contributed by atoms with Gasteiger partial charge in [-0.15, -0.1) is 0 Å². The number of halogens is 2. The summed E-state index contributed by atoms with van der Waals surface area (Å²) in [5.41, 5.74) is 3.72. The molecule has 2 aromatic rings. The van der Waals surface area contributed by atoms with Crippen molar-refractivity contribution in [2.75, 3.05) is 11.9 Å². The fraction of sp³-hybridized carbons (Fsp3) is 0.150. The average molecular weight is 339 g/mol. The Morgan fingerprint density at radius 3 is 2.58 bits per heavy atom. The van der Waals surface area contributed by atoms with Crippen molar-refractivity contribution < 1.29 is 4.39 Å². The monoisotopic (exact) mass is 338 g/mol. The molecule has 0 amide bonds. The molecule has 1 aliphatic carbocycles. The van der Waals surface area contributed by atoms with E-state index in [1.807, 2.05) is 24.3 Å². The Balaban J connectivity index is 1.93. The predicted octanol–water partition coefficient (Wildman–Crippen LogP) is 5.16. The first-order valence-corrected chi connectivity index (χ1v) is 8.23. The number of hydrogen-bond acceptors (Lipinski definition) is 2. The molecule has 4 rings (SSSR count). The van der Waals surface area contributed by atoms with E-state index in [0.29, 0.717) is 5.02 Å². The summed E-state index contributed by atoms with van der Waals surface area (Å²) < 4.78 is 13.3. The Morgan fingerprint density at radius 1 is 1.04 bits per heavy atom. The summed E-state index contributed by atoms with van der Waals surface area (Å²) in [5.74, 6) is -0.152. The fourth-order valence-electron chi connectivity index (χ4n) is 3.35.